The molecule has 2 N–H and O–H groups in total. The molecule has 0 unspecified atom stereocenters. The largest absolute Gasteiger partial charge is 0.459 e. The maximum atomic E-state index is 12.9. The van der Waals surface area contributed by atoms with Gasteiger partial charge in [0, 0.05) is 24.4 Å². The van der Waals surface area contributed by atoms with Crippen molar-refractivity contribution in [1.29, 1.82) is 0 Å². The van der Waals surface area contributed by atoms with Gasteiger partial charge in [-0.05, 0) is 56.4 Å². The summed E-state index contributed by atoms with van der Waals surface area (Å²) in [7, 11) is 1.61. The van der Waals surface area contributed by atoms with Crippen molar-refractivity contribution in [3.05, 3.63) is 77.0 Å². The highest BCUT2D eigenvalue weighted by Gasteiger charge is 2.44. The quantitative estimate of drug-likeness (QED) is 0.645. The number of nitrogens with one attached hydrogen (secondary N) is 2. The monoisotopic (exact) mass is 447 g/mol. The van der Waals surface area contributed by atoms with Gasteiger partial charge in [0.2, 0.25) is 5.91 Å². The number of carbonyl (C=O) groups is 3. The molecule has 1 heterocycles. The molecule has 3 atom stereocenters. The summed E-state index contributed by atoms with van der Waals surface area (Å²) in [6.07, 6.45) is 0.538. The number of rotatable bonds is 6. The first-order valence-corrected chi connectivity index (χ1v) is 11.2. The summed E-state index contributed by atoms with van der Waals surface area (Å²) in [4.78, 5) is 39.5. The molecule has 3 amide bonds. The Balaban J connectivity index is 1.54. The van der Waals surface area contributed by atoms with Gasteiger partial charge in [0.05, 0.1) is 17.7 Å². The standard InChI is InChI=1S/C26H29N3O4/c1-15(2)33-25(31)22-16(3)29(4)26(32)28-23(22)18-11-8-12-19(13-18)27-24(30)21-14-20(21)17-9-6-5-7-10-17/h5-13,15,20-21,23H,14H2,1-4H3,(H,27,30)(H,28,32)/t20-,21-,23-/m0/s1. The third kappa shape index (κ3) is 4.77. The van der Waals surface area contributed by atoms with Gasteiger partial charge in [-0.2, -0.15) is 0 Å². The van der Waals surface area contributed by atoms with Crippen LogP contribution in [0.1, 0.15) is 50.3 Å². The number of anilines is 1. The summed E-state index contributed by atoms with van der Waals surface area (Å²) < 4.78 is 5.44. The highest BCUT2D eigenvalue weighted by molar-refractivity contribution is 5.96. The molecule has 1 aliphatic carbocycles. The third-order valence-corrected chi connectivity index (χ3v) is 6.16. The first-order chi connectivity index (χ1) is 15.8. The molecule has 2 aromatic carbocycles. The number of carbonyl (C=O) groups excluding carboxylic acids is 3. The third-order valence-electron chi connectivity index (χ3n) is 6.16. The van der Waals surface area contributed by atoms with Crippen molar-refractivity contribution in [3.63, 3.8) is 0 Å². The van der Waals surface area contributed by atoms with Crippen molar-refractivity contribution >= 4 is 23.6 Å². The molecular weight excluding hydrogens is 418 g/mol. The molecular formula is C26H29N3O4. The van der Waals surface area contributed by atoms with Crippen molar-refractivity contribution in [2.24, 2.45) is 5.92 Å². The van der Waals surface area contributed by atoms with Crippen molar-refractivity contribution in [2.75, 3.05) is 12.4 Å². The SMILES string of the molecule is CC1=C(C(=O)OC(C)C)[C@H](c2cccc(NC(=O)[C@H]3C[C@H]3c3ccccc3)c2)NC(=O)N1C. The lowest BCUT2D eigenvalue weighted by Crippen LogP contribution is -2.46. The molecule has 1 fully saturated rings. The fraction of sp³-hybridized carbons (Fsp3) is 0.346. The number of urea groups is 1. The highest BCUT2D eigenvalue weighted by atomic mass is 16.5. The van der Waals surface area contributed by atoms with E-state index in [1.165, 1.54) is 10.5 Å². The smallest absolute Gasteiger partial charge is 0.338 e. The number of amides is 3. The molecule has 0 radical (unpaired) electrons. The van der Waals surface area contributed by atoms with Crippen LogP contribution in [-0.4, -0.2) is 36.0 Å². The van der Waals surface area contributed by atoms with Crippen LogP contribution in [0.3, 0.4) is 0 Å². The van der Waals surface area contributed by atoms with E-state index in [0.717, 1.165) is 6.42 Å². The number of hydrogen-bond acceptors (Lipinski definition) is 4. The Morgan fingerprint density at radius 1 is 1.09 bits per heavy atom. The van der Waals surface area contributed by atoms with E-state index in [4.69, 9.17) is 4.74 Å². The lowest BCUT2D eigenvalue weighted by Gasteiger charge is -2.33. The number of hydrogen-bond donors (Lipinski definition) is 2. The molecule has 0 aromatic heterocycles. The van der Waals surface area contributed by atoms with Gasteiger partial charge in [-0.1, -0.05) is 42.5 Å². The summed E-state index contributed by atoms with van der Waals surface area (Å²) >= 11 is 0. The summed E-state index contributed by atoms with van der Waals surface area (Å²) in [5.41, 5.74) is 3.40. The molecule has 0 bridgehead atoms. The highest BCUT2D eigenvalue weighted by Crippen LogP contribution is 2.48. The molecule has 1 aliphatic heterocycles. The predicted molar refractivity (Wildman–Crippen MR) is 125 cm³/mol. The zero-order valence-corrected chi connectivity index (χ0v) is 19.3. The lowest BCUT2D eigenvalue weighted by atomic mass is 9.94. The van der Waals surface area contributed by atoms with Crippen LogP contribution in [0.15, 0.2) is 65.9 Å². The van der Waals surface area contributed by atoms with Gasteiger partial charge in [-0.15, -0.1) is 0 Å². The van der Waals surface area contributed by atoms with Crippen LogP contribution in [-0.2, 0) is 14.3 Å². The van der Waals surface area contributed by atoms with E-state index in [2.05, 4.69) is 10.6 Å². The Hall–Kier alpha value is -3.61. The zero-order chi connectivity index (χ0) is 23.7. The Morgan fingerprint density at radius 3 is 2.48 bits per heavy atom. The zero-order valence-electron chi connectivity index (χ0n) is 19.3. The second-order valence-corrected chi connectivity index (χ2v) is 8.87. The van der Waals surface area contributed by atoms with E-state index in [-0.39, 0.29) is 29.9 Å². The fourth-order valence-corrected chi connectivity index (χ4v) is 4.21. The summed E-state index contributed by atoms with van der Waals surface area (Å²) in [6.45, 7) is 5.29. The molecule has 1 saturated carbocycles. The van der Waals surface area contributed by atoms with Gasteiger partial charge in [0.15, 0.2) is 0 Å². The van der Waals surface area contributed by atoms with Crippen LogP contribution in [0.5, 0.6) is 0 Å². The van der Waals surface area contributed by atoms with E-state index in [0.29, 0.717) is 22.5 Å². The molecule has 7 nitrogen and oxygen atoms in total. The maximum absolute atomic E-state index is 12.9. The minimum atomic E-state index is -0.671. The number of ether oxygens (including phenoxy) is 1. The van der Waals surface area contributed by atoms with Gasteiger partial charge in [-0.25, -0.2) is 9.59 Å². The minimum absolute atomic E-state index is 0.0282. The summed E-state index contributed by atoms with van der Waals surface area (Å²) in [6, 6.07) is 16.3. The fourth-order valence-electron chi connectivity index (χ4n) is 4.21. The van der Waals surface area contributed by atoms with Crippen LogP contribution >= 0.6 is 0 Å². The molecule has 33 heavy (non-hydrogen) atoms. The molecule has 2 aromatic rings. The van der Waals surface area contributed by atoms with E-state index < -0.39 is 12.0 Å². The van der Waals surface area contributed by atoms with Crippen molar-refractivity contribution in [1.82, 2.24) is 10.2 Å². The molecule has 4 rings (SSSR count). The molecule has 7 heteroatoms. The Bertz CT molecular complexity index is 1110. The number of benzene rings is 2. The summed E-state index contributed by atoms with van der Waals surface area (Å²) in [5.74, 6) is -0.319. The van der Waals surface area contributed by atoms with Crippen LogP contribution in [0.4, 0.5) is 10.5 Å². The number of esters is 1. The average molecular weight is 448 g/mol. The van der Waals surface area contributed by atoms with Crippen LogP contribution < -0.4 is 10.6 Å². The van der Waals surface area contributed by atoms with Gasteiger partial charge >= 0.3 is 12.0 Å². The maximum Gasteiger partial charge on any atom is 0.338 e. The van der Waals surface area contributed by atoms with E-state index in [1.807, 2.05) is 36.4 Å². The van der Waals surface area contributed by atoms with Crippen molar-refractivity contribution in [2.45, 2.75) is 45.3 Å². The number of nitrogens with zero attached hydrogens (tertiary/aromatic N) is 1. The molecule has 172 valence electrons. The van der Waals surface area contributed by atoms with Gasteiger partial charge < -0.3 is 20.3 Å². The van der Waals surface area contributed by atoms with Gasteiger partial charge in [-0.3, -0.25) is 4.79 Å². The summed E-state index contributed by atoms with van der Waals surface area (Å²) in [5, 5.41) is 5.87. The lowest BCUT2D eigenvalue weighted by molar-refractivity contribution is -0.143. The Morgan fingerprint density at radius 2 is 1.79 bits per heavy atom. The molecule has 0 saturated heterocycles. The van der Waals surface area contributed by atoms with E-state index in [1.54, 1.807) is 46.0 Å². The van der Waals surface area contributed by atoms with Crippen LogP contribution in [0.2, 0.25) is 0 Å². The van der Waals surface area contributed by atoms with E-state index in [9.17, 15) is 14.4 Å². The molecule has 2 aliphatic rings. The van der Waals surface area contributed by atoms with Crippen LogP contribution in [0, 0.1) is 5.92 Å². The van der Waals surface area contributed by atoms with Crippen molar-refractivity contribution in [3.8, 4) is 0 Å². The minimum Gasteiger partial charge on any atom is -0.459 e. The normalized spacial score (nSPS) is 22.2. The first kappa shape index (κ1) is 22.6. The second-order valence-electron chi connectivity index (χ2n) is 8.87. The first-order valence-electron chi connectivity index (χ1n) is 11.2. The Kier molecular flexibility index (Phi) is 6.22. The van der Waals surface area contributed by atoms with Crippen molar-refractivity contribution < 1.29 is 19.1 Å². The molecule has 0 spiro atoms. The Labute approximate surface area is 193 Å². The topological polar surface area (TPSA) is 87.7 Å². The van der Waals surface area contributed by atoms with E-state index >= 15 is 0 Å². The van der Waals surface area contributed by atoms with Gasteiger partial charge in [0.25, 0.3) is 0 Å². The predicted octanol–water partition coefficient (Wildman–Crippen LogP) is 4.35. The number of allylic oxidation sites excluding steroid dienone is 1. The second kappa shape index (κ2) is 9.10. The van der Waals surface area contributed by atoms with Gasteiger partial charge in [0.1, 0.15) is 0 Å². The average Bonchev–Trinajstić information content (AvgIpc) is 3.58. The van der Waals surface area contributed by atoms with Crippen LogP contribution in [0.25, 0.3) is 0 Å².